The number of rotatable bonds is 10. The molecule has 9 nitrogen and oxygen atoms in total. The molecular weight excluding hydrogens is 440 g/mol. The van der Waals surface area contributed by atoms with E-state index in [1.54, 1.807) is 37.3 Å². The number of carbonyl (C=O) groups is 2. The number of amides is 1. The number of unbranched alkanes of at least 4 members (excludes halogenated alkanes) is 2. The van der Waals surface area contributed by atoms with Gasteiger partial charge in [0.15, 0.2) is 28.8 Å². The van der Waals surface area contributed by atoms with Crippen molar-refractivity contribution in [3.05, 3.63) is 71.1 Å². The molecule has 0 spiro atoms. The van der Waals surface area contributed by atoms with Gasteiger partial charge in [-0.15, -0.1) is 0 Å². The highest BCUT2D eigenvalue weighted by atomic mass is 16.5. The van der Waals surface area contributed by atoms with Crippen LogP contribution >= 0.6 is 0 Å². The van der Waals surface area contributed by atoms with Crippen LogP contribution in [-0.4, -0.2) is 35.7 Å². The summed E-state index contributed by atoms with van der Waals surface area (Å²) in [4.78, 5) is 27.6. The number of hydrogen-bond donors (Lipinski definition) is 1. The third-order valence-electron chi connectivity index (χ3n) is 5.57. The van der Waals surface area contributed by atoms with Gasteiger partial charge in [-0.1, -0.05) is 31.0 Å². The summed E-state index contributed by atoms with van der Waals surface area (Å²) in [6.07, 6.45) is 4.40. The summed E-state index contributed by atoms with van der Waals surface area (Å²) in [5.74, 6) is -0.433. The molecule has 1 aliphatic heterocycles. The highest BCUT2D eigenvalue weighted by Gasteiger charge is 2.46. The lowest BCUT2D eigenvalue weighted by Gasteiger charge is -2.25. The van der Waals surface area contributed by atoms with E-state index < -0.39 is 23.5 Å². The number of hydrogen-bond acceptors (Lipinski definition) is 8. The molecule has 1 aliphatic rings. The number of carbonyl (C=O) groups excluding carboxylic acids is 2. The minimum absolute atomic E-state index is 0.000348. The number of anilines is 1. The summed E-state index contributed by atoms with van der Waals surface area (Å²) in [6.45, 7) is 4.34. The average molecular weight is 466 g/mol. The van der Waals surface area contributed by atoms with Crippen molar-refractivity contribution >= 4 is 17.5 Å². The molecule has 0 fully saturated rings. The van der Waals surface area contributed by atoms with Crippen molar-refractivity contribution in [3.8, 4) is 11.5 Å². The van der Waals surface area contributed by atoms with Gasteiger partial charge in [0.2, 0.25) is 5.78 Å². The second-order valence-electron chi connectivity index (χ2n) is 7.91. The van der Waals surface area contributed by atoms with Gasteiger partial charge < -0.3 is 23.5 Å². The van der Waals surface area contributed by atoms with E-state index in [-0.39, 0.29) is 17.2 Å². The van der Waals surface area contributed by atoms with Gasteiger partial charge in [0.05, 0.1) is 31.6 Å². The molecule has 0 aliphatic carbocycles. The fourth-order valence-corrected chi connectivity index (χ4v) is 3.90. The predicted octanol–water partition coefficient (Wildman–Crippen LogP) is 4.94. The van der Waals surface area contributed by atoms with E-state index in [4.69, 9.17) is 18.4 Å². The van der Waals surface area contributed by atoms with Crippen LogP contribution in [0.2, 0.25) is 0 Å². The molecule has 1 N–H and O–H groups in total. The van der Waals surface area contributed by atoms with E-state index in [0.29, 0.717) is 29.4 Å². The third-order valence-corrected chi connectivity index (χ3v) is 5.57. The molecular formula is C25H26N2O7. The number of aryl methyl sites for hydroxylation is 1. The lowest BCUT2D eigenvalue weighted by atomic mass is 9.94. The Morgan fingerprint density at radius 3 is 2.68 bits per heavy atom. The fourth-order valence-electron chi connectivity index (χ4n) is 3.90. The molecule has 34 heavy (non-hydrogen) atoms. The summed E-state index contributed by atoms with van der Waals surface area (Å²) in [7, 11) is 1.51. The van der Waals surface area contributed by atoms with E-state index >= 15 is 0 Å². The van der Waals surface area contributed by atoms with Crippen LogP contribution in [0.3, 0.4) is 0 Å². The second kappa shape index (κ2) is 9.86. The van der Waals surface area contributed by atoms with Gasteiger partial charge in [-0.2, -0.15) is 0 Å². The number of Topliss-reactive ketones (excluding diaryl/α,β-unsaturated/α-hetero) is 1. The van der Waals surface area contributed by atoms with Crippen LogP contribution in [0.1, 0.15) is 54.1 Å². The first-order valence-electron chi connectivity index (χ1n) is 11.0. The largest absolute Gasteiger partial charge is 0.503 e. The van der Waals surface area contributed by atoms with Crippen molar-refractivity contribution in [1.29, 1.82) is 0 Å². The number of ether oxygens (including phenoxy) is 2. The molecule has 178 valence electrons. The van der Waals surface area contributed by atoms with Gasteiger partial charge >= 0.3 is 0 Å². The normalized spacial score (nSPS) is 15.8. The zero-order valence-electron chi connectivity index (χ0n) is 19.2. The van der Waals surface area contributed by atoms with Crippen LogP contribution < -0.4 is 14.4 Å². The zero-order valence-corrected chi connectivity index (χ0v) is 19.2. The maximum Gasteiger partial charge on any atom is 0.295 e. The van der Waals surface area contributed by atoms with Gasteiger partial charge in [-0.25, -0.2) is 0 Å². The monoisotopic (exact) mass is 466 g/mol. The first-order chi connectivity index (χ1) is 16.5. The molecule has 4 rings (SSSR count). The lowest BCUT2D eigenvalue weighted by molar-refractivity contribution is -0.117. The molecule has 0 saturated heterocycles. The Morgan fingerprint density at radius 2 is 2.03 bits per heavy atom. The molecule has 9 heteroatoms. The Morgan fingerprint density at radius 1 is 1.21 bits per heavy atom. The van der Waals surface area contributed by atoms with Gasteiger partial charge in [0, 0.05) is 6.07 Å². The van der Waals surface area contributed by atoms with Crippen LogP contribution in [0, 0.1) is 6.92 Å². The Kier molecular flexibility index (Phi) is 6.72. The van der Waals surface area contributed by atoms with Crippen LogP contribution in [0.4, 0.5) is 5.82 Å². The third kappa shape index (κ3) is 4.28. The summed E-state index contributed by atoms with van der Waals surface area (Å²) in [5.41, 5.74) is 0.394. The van der Waals surface area contributed by atoms with Crippen LogP contribution in [0.15, 0.2) is 62.9 Å². The molecule has 0 unspecified atom stereocenters. The number of ketones is 1. The molecule has 3 aromatic rings. The van der Waals surface area contributed by atoms with Crippen LogP contribution in [-0.2, 0) is 4.79 Å². The van der Waals surface area contributed by atoms with Crippen molar-refractivity contribution in [1.82, 2.24) is 5.16 Å². The second-order valence-corrected chi connectivity index (χ2v) is 7.91. The highest BCUT2D eigenvalue weighted by molar-refractivity contribution is 6.19. The summed E-state index contributed by atoms with van der Waals surface area (Å²) in [6, 6.07) is 8.73. The van der Waals surface area contributed by atoms with Crippen LogP contribution in [0.25, 0.3) is 0 Å². The topological polar surface area (TPSA) is 115 Å². The van der Waals surface area contributed by atoms with Crippen molar-refractivity contribution in [2.75, 3.05) is 18.6 Å². The minimum atomic E-state index is -0.988. The molecule has 2 aromatic heterocycles. The zero-order chi connectivity index (χ0) is 24.2. The molecule has 0 radical (unpaired) electrons. The molecule has 1 aromatic carbocycles. The van der Waals surface area contributed by atoms with Gasteiger partial charge in [0.25, 0.3) is 5.91 Å². The molecule has 1 atom stereocenters. The van der Waals surface area contributed by atoms with Gasteiger partial charge in [-0.3, -0.25) is 14.5 Å². The number of nitrogens with zero attached hydrogens (tertiary/aromatic N) is 2. The molecule has 0 bridgehead atoms. The lowest BCUT2D eigenvalue weighted by Crippen LogP contribution is -2.31. The molecule has 3 heterocycles. The summed E-state index contributed by atoms with van der Waals surface area (Å²) in [5, 5.41) is 14.7. The van der Waals surface area contributed by atoms with E-state index in [2.05, 4.69) is 12.1 Å². The fraction of sp³-hybridized carbons (Fsp3) is 0.320. The van der Waals surface area contributed by atoms with E-state index in [1.165, 1.54) is 24.3 Å². The quantitative estimate of drug-likeness (QED) is 0.330. The smallest absolute Gasteiger partial charge is 0.295 e. The van der Waals surface area contributed by atoms with Crippen LogP contribution in [0.5, 0.6) is 11.5 Å². The standard InChI is InChI=1S/C25H26N2O7/c1-4-5-6-11-32-17-10-9-16(14-19(17)31-3)22-21(23(28)18-8-7-12-33-18)24(29)25(30)27(22)20-13-15(2)34-26-20/h7-10,12-14,22,29H,4-6,11H2,1-3H3/t22-/m0/s1. The van der Waals surface area contributed by atoms with Crippen molar-refractivity contribution in [2.45, 2.75) is 39.2 Å². The Bertz CT molecular complexity index is 1210. The number of methoxy groups -OCH3 is 1. The average Bonchev–Trinajstić information content (AvgIpc) is 3.57. The Hall–Kier alpha value is -4.01. The predicted molar refractivity (Wildman–Crippen MR) is 122 cm³/mol. The Balaban J connectivity index is 1.77. The maximum absolute atomic E-state index is 13.3. The number of benzene rings is 1. The highest BCUT2D eigenvalue weighted by Crippen LogP contribution is 2.43. The SMILES string of the molecule is CCCCCOc1ccc([C@H]2C(C(=O)c3ccco3)=C(O)C(=O)N2c2cc(C)on2)cc1OC. The van der Waals surface area contributed by atoms with Gasteiger partial charge in [0.1, 0.15) is 5.76 Å². The summed E-state index contributed by atoms with van der Waals surface area (Å²) < 4.78 is 21.8. The van der Waals surface area contributed by atoms with Crippen molar-refractivity contribution in [2.24, 2.45) is 0 Å². The number of furan rings is 1. The van der Waals surface area contributed by atoms with Crippen molar-refractivity contribution < 1.29 is 33.1 Å². The van der Waals surface area contributed by atoms with E-state index in [0.717, 1.165) is 19.3 Å². The number of aliphatic hydroxyl groups excluding tert-OH is 1. The summed E-state index contributed by atoms with van der Waals surface area (Å²) >= 11 is 0. The molecule has 1 amide bonds. The van der Waals surface area contributed by atoms with E-state index in [1.807, 2.05) is 0 Å². The number of aliphatic hydroxyl groups is 1. The van der Waals surface area contributed by atoms with Crippen molar-refractivity contribution in [3.63, 3.8) is 0 Å². The van der Waals surface area contributed by atoms with E-state index in [9.17, 15) is 14.7 Å². The maximum atomic E-state index is 13.3. The first kappa shape index (κ1) is 23.2. The Labute approximate surface area is 196 Å². The number of aromatic nitrogens is 1. The minimum Gasteiger partial charge on any atom is -0.503 e. The first-order valence-corrected chi connectivity index (χ1v) is 11.0. The van der Waals surface area contributed by atoms with Gasteiger partial charge in [-0.05, 0) is 43.2 Å². The molecule has 0 saturated carbocycles.